The van der Waals surface area contributed by atoms with Gasteiger partial charge in [0.05, 0.1) is 6.61 Å². The molecule has 0 amide bonds. The third-order valence-electron chi connectivity index (χ3n) is 1.99. The topological polar surface area (TPSA) is 70.9 Å². The Hall–Kier alpha value is -2.01. The van der Waals surface area contributed by atoms with Crippen molar-refractivity contribution in [1.29, 1.82) is 0 Å². The summed E-state index contributed by atoms with van der Waals surface area (Å²) in [5.41, 5.74) is 0.920. The van der Waals surface area contributed by atoms with E-state index >= 15 is 0 Å². The van der Waals surface area contributed by atoms with Crippen molar-refractivity contribution in [3.05, 3.63) is 42.5 Å². The lowest BCUT2D eigenvalue weighted by Crippen LogP contribution is -2.03. The number of nitrogens with zero attached hydrogens (tertiary/aromatic N) is 3. The number of para-hydroxylation sites is 1. The van der Waals surface area contributed by atoms with Gasteiger partial charge in [0, 0.05) is 12.1 Å². The molecule has 5 heteroatoms. The summed E-state index contributed by atoms with van der Waals surface area (Å²) in [5, 5.41) is 11.8. The maximum atomic E-state index is 8.78. The molecule has 16 heavy (non-hydrogen) atoms. The molecule has 82 valence electrons. The third-order valence-corrected chi connectivity index (χ3v) is 1.99. The second kappa shape index (κ2) is 5.18. The van der Waals surface area contributed by atoms with Gasteiger partial charge in [-0.15, -0.1) is 0 Å². The van der Waals surface area contributed by atoms with Gasteiger partial charge < -0.3 is 10.4 Å². The van der Waals surface area contributed by atoms with Crippen molar-refractivity contribution in [2.75, 3.05) is 11.9 Å². The van der Waals surface area contributed by atoms with Crippen LogP contribution in [-0.4, -0.2) is 26.7 Å². The van der Waals surface area contributed by atoms with E-state index in [0.29, 0.717) is 18.2 Å². The molecule has 0 saturated heterocycles. The molecule has 0 spiro atoms. The number of nitrogens with one attached hydrogen (secondary N) is 1. The zero-order valence-electron chi connectivity index (χ0n) is 8.67. The van der Waals surface area contributed by atoms with Crippen molar-refractivity contribution in [3.63, 3.8) is 0 Å². The number of aliphatic hydroxyl groups is 1. The van der Waals surface area contributed by atoms with E-state index in [1.807, 2.05) is 30.3 Å². The van der Waals surface area contributed by atoms with Crippen molar-refractivity contribution in [2.24, 2.45) is 0 Å². The van der Waals surface area contributed by atoms with Gasteiger partial charge >= 0.3 is 0 Å². The molecular weight excluding hydrogens is 204 g/mol. The van der Waals surface area contributed by atoms with Crippen LogP contribution in [0.4, 0.5) is 11.6 Å². The molecule has 1 heterocycles. The van der Waals surface area contributed by atoms with Gasteiger partial charge in [-0.05, 0) is 12.1 Å². The molecule has 0 aliphatic heterocycles. The molecule has 0 radical (unpaired) electrons. The van der Waals surface area contributed by atoms with Crippen LogP contribution in [0.15, 0.2) is 36.7 Å². The Balaban J connectivity index is 2.12. The Morgan fingerprint density at radius 2 is 1.94 bits per heavy atom. The van der Waals surface area contributed by atoms with Gasteiger partial charge in [0.25, 0.3) is 0 Å². The minimum Gasteiger partial charge on any atom is -0.396 e. The van der Waals surface area contributed by atoms with Gasteiger partial charge in [0.2, 0.25) is 5.95 Å². The number of anilines is 2. The van der Waals surface area contributed by atoms with Gasteiger partial charge in [0.1, 0.15) is 12.2 Å². The molecule has 0 bridgehead atoms. The van der Waals surface area contributed by atoms with Crippen molar-refractivity contribution in [1.82, 2.24) is 15.0 Å². The number of hydrogen-bond acceptors (Lipinski definition) is 5. The van der Waals surface area contributed by atoms with Crippen LogP contribution in [0.5, 0.6) is 0 Å². The Bertz CT molecular complexity index is 447. The highest BCUT2D eigenvalue weighted by Crippen LogP contribution is 2.10. The Morgan fingerprint density at radius 3 is 2.69 bits per heavy atom. The quantitative estimate of drug-likeness (QED) is 0.802. The molecule has 0 saturated carbocycles. The van der Waals surface area contributed by atoms with Crippen molar-refractivity contribution < 1.29 is 5.11 Å². The number of hydrogen-bond donors (Lipinski definition) is 2. The monoisotopic (exact) mass is 216 g/mol. The molecule has 1 aromatic carbocycles. The van der Waals surface area contributed by atoms with Crippen molar-refractivity contribution >= 4 is 11.6 Å². The lowest BCUT2D eigenvalue weighted by Gasteiger charge is -2.04. The van der Waals surface area contributed by atoms with Gasteiger partial charge in [0.15, 0.2) is 0 Å². The summed E-state index contributed by atoms with van der Waals surface area (Å²) >= 11 is 0. The SMILES string of the molecule is OCCc1ncnc(Nc2ccccc2)n1. The highest BCUT2D eigenvalue weighted by molar-refractivity contribution is 5.52. The fourth-order valence-corrected chi connectivity index (χ4v) is 1.26. The zero-order chi connectivity index (χ0) is 11.2. The van der Waals surface area contributed by atoms with Crippen LogP contribution in [-0.2, 0) is 6.42 Å². The minimum atomic E-state index is 0.0365. The standard InChI is InChI=1S/C11H12N4O/c16-7-6-10-12-8-13-11(15-10)14-9-4-2-1-3-5-9/h1-5,8,16H,6-7H2,(H,12,13,14,15). The van der Waals surface area contributed by atoms with E-state index in [1.165, 1.54) is 6.33 Å². The van der Waals surface area contributed by atoms with Crippen LogP contribution < -0.4 is 5.32 Å². The molecule has 0 aliphatic carbocycles. The van der Waals surface area contributed by atoms with E-state index in [1.54, 1.807) is 0 Å². The predicted molar refractivity (Wildman–Crippen MR) is 60.3 cm³/mol. The first-order valence-electron chi connectivity index (χ1n) is 4.99. The molecule has 1 aromatic heterocycles. The number of rotatable bonds is 4. The molecule has 5 nitrogen and oxygen atoms in total. The summed E-state index contributed by atoms with van der Waals surface area (Å²) in [6.07, 6.45) is 1.87. The summed E-state index contributed by atoms with van der Waals surface area (Å²) in [6, 6.07) is 9.65. The first-order valence-corrected chi connectivity index (χ1v) is 4.99. The van der Waals surface area contributed by atoms with E-state index in [2.05, 4.69) is 20.3 Å². The summed E-state index contributed by atoms with van der Waals surface area (Å²) in [4.78, 5) is 12.1. The molecule has 2 rings (SSSR count). The first kappa shape index (κ1) is 10.5. The molecule has 0 fully saturated rings. The van der Waals surface area contributed by atoms with E-state index < -0.39 is 0 Å². The summed E-state index contributed by atoms with van der Waals surface area (Å²) in [6.45, 7) is 0.0365. The lowest BCUT2D eigenvalue weighted by atomic mass is 10.3. The van der Waals surface area contributed by atoms with Crippen LogP contribution in [0, 0.1) is 0 Å². The average molecular weight is 216 g/mol. The van der Waals surface area contributed by atoms with Crippen LogP contribution >= 0.6 is 0 Å². The van der Waals surface area contributed by atoms with Crippen molar-refractivity contribution in [3.8, 4) is 0 Å². The first-order chi connectivity index (χ1) is 7.88. The summed E-state index contributed by atoms with van der Waals surface area (Å²) in [7, 11) is 0. The van der Waals surface area contributed by atoms with Gasteiger partial charge in [-0.3, -0.25) is 0 Å². The number of aromatic nitrogens is 3. The second-order valence-electron chi connectivity index (χ2n) is 3.19. The van der Waals surface area contributed by atoms with Gasteiger partial charge in [-0.2, -0.15) is 4.98 Å². The number of aliphatic hydroxyl groups excluding tert-OH is 1. The Labute approximate surface area is 93.2 Å². The van der Waals surface area contributed by atoms with Gasteiger partial charge in [-0.25, -0.2) is 9.97 Å². The maximum absolute atomic E-state index is 8.78. The minimum absolute atomic E-state index is 0.0365. The van der Waals surface area contributed by atoms with Crippen LogP contribution in [0.2, 0.25) is 0 Å². The third kappa shape index (κ3) is 2.74. The maximum Gasteiger partial charge on any atom is 0.230 e. The van der Waals surface area contributed by atoms with Gasteiger partial charge in [-0.1, -0.05) is 18.2 Å². The van der Waals surface area contributed by atoms with Crippen LogP contribution in [0.1, 0.15) is 5.82 Å². The Kier molecular flexibility index (Phi) is 3.40. The fraction of sp³-hybridized carbons (Fsp3) is 0.182. The molecule has 0 atom stereocenters. The largest absolute Gasteiger partial charge is 0.396 e. The normalized spacial score (nSPS) is 10.1. The number of benzene rings is 1. The molecular formula is C11H12N4O. The molecule has 2 aromatic rings. The molecule has 0 unspecified atom stereocenters. The van der Waals surface area contributed by atoms with Crippen LogP contribution in [0.25, 0.3) is 0 Å². The fourth-order valence-electron chi connectivity index (χ4n) is 1.26. The van der Waals surface area contributed by atoms with E-state index in [0.717, 1.165) is 5.69 Å². The second-order valence-corrected chi connectivity index (χ2v) is 3.19. The zero-order valence-corrected chi connectivity index (χ0v) is 8.67. The van der Waals surface area contributed by atoms with E-state index in [4.69, 9.17) is 5.11 Å². The Morgan fingerprint density at radius 1 is 1.12 bits per heavy atom. The lowest BCUT2D eigenvalue weighted by molar-refractivity contribution is 0.296. The highest BCUT2D eigenvalue weighted by Gasteiger charge is 2.00. The smallest absolute Gasteiger partial charge is 0.230 e. The molecule has 2 N–H and O–H groups in total. The summed E-state index contributed by atoms with van der Waals surface area (Å²) in [5.74, 6) is 1.07. The summed E-state index contributed by atoms with van der Waals surface area (Å²) < 4.78 is 0. The highest BCUT2D eigenvalue weighted by atomic mass is 16.3. The molecule has 0 aliphatic rings. The average Bonchev–Trinajstić information content (AvgIpc) is 2.31. The van der Waals surface area contributed by atoms with Crippen LogP contribution in [0.3, 0.4) is 0 Å². The van der Waals surface area contributed by atoms with E-state index in [-0.39, 0.29) is 6.61 Å². The van der Waals surface area contributed by atoms with Crippen molar-refractivity contribution in [2.45, 2.75) is 6.42 Å². The van der Waals surface area contributed by atoms with E-state index in [9.17, 15) is 0 Å². The predicted octanol–water partition coefficient (Wildman–Crippen LogP) is 1.15.